The van der Waals surface area contributed by atoms with E-state index in [0.29, 0.717) is 17.2 Å². The molecule has 0 saturated carbocycles. The normalized spacial score (nSPS) is 20.2. The van der Waals surface area contributed by atoms with E-state index in [2.05, 4.69) is 21.0 Å². The fraction of sp³-hybridized carbons (Fsp3) is 0.459. The fourth-order valence-electron chi connectivity index (χ4n) is 6.20. The number of ether oxygens (including phenoxy) is 4. The molecular formula is C37H46ClN5O8. The Kier molecular flexibility index (Phi) is 12.9. The first-order valence-corrected chi connectivity index (χ1v) is 17.3. The Labute approximate surface area is 302 Å². The van der Waals surface area contributed by atoms with Crippen molar-refractivity contribution in [2.45, 2.75) is 70.7 Å². The van der Waals surface area contributed by atoms with Gasteiger partial charge in [-0.1, -0.05) is 80.9 Å². The predicted octanol–water partition coefficient (Wildman–Crippen LogP) is 4.47. The van der Waals surface area contributed by atoms with E-state index < -0.39 is 54.1 Å². The third-order valence-corrected chi connectivity index (χ3v) is 9.36. The summed E-state index contributed by atoms with van der Waals surface area (Å²) in [7, 11) is 1.22. The minimum Gasteiger partial charge on any atom is -0.453 e. The second-order valence-electron chi connectivity index (χ2n) is 13.8. The molecule has 3 heterocycles. The van der Waals surface area contributed by atoms with Crippen molar-refractivity contribution in [2.24, 2.45) is 11.3 Å². The number of carbonyl (C=O) groups excluding carboxylic acids is 3. The van der Waals surface area contributed by atoms with Gasteiger partial charge in [0.05, 0.1) is 38.4 Å². The van der Waals surface area contributed by atoms with E-state index in [0.717, 1.165) is 23.1 Å². The molecule has 0 bridgehead atoms. The van der Waals surface area contributed by atoms with Crippen molar-refractivity contribution in [3.05, 3.63) is 89.2 Å². The highest BCUT2D eigenvalue weighted by atomic mass is 35.5. The lowest BCUT2D eigenvalue weighted by molar-refractivity contribution is -0.127. The van der Waals surface area contributed by atoms with Crippen LogP contribution in [0.25, 0.3) is 11.1 Å². The van der Waals surface area contributed by atoms with Crippen LogP contribution < -0.4 is 16.1 Å². The Morgan fingerprint density at radius 1 is 1.02 bits per heavy atom. The van der Waals surface area contributed by atoms with E-state index in [1.807, 2.05) is 69.3 Å². The minimum atomic E-state index is -1.23. The number of methoxy groups -OCH3 is 1. The number of hydrazine groups is 1. The molecule has 14 heteroatoms. The van der Waals surface area contributed by atoms with Gasteiger partial charge in [0.2, 0.25) is 5.91 Å². The number of nitrogens with zero attached hydrogens (tertiary/aromatic N) is 2. The van der Waals surface area contributed by atoms with Gasteiger partial charge in [0.25, 0.3) is 0 Å². The molecule has 0 aliphatic carbocycles. The van der Waals surface area contributed by atoms with Crippen molar-refractivity contribution in [1.29, 1.82) is 0 Å². The molecule has 5 rings (SSSR count). The number of amides is 3. The number of aromatic nitrogens is 1. The Balaban J connectivity index is 1.37. The van der Waals surface area contributed by atoms with Crippen molar-refractivity contribution in [2.75, 3.05) is 26.9 Å². The maximum atomic E-state index is 13.8. The molecule has 6 atom stereocenters. The van der Waals surface area contributed by atoms with Gasteiger partial charge in [-0.25, -0.2) is 14.6 Å². The Bertz CT molecular complexity index is 1620. The number of carbonyl (C=O) groups is 3. The zero-order valence-electron chi connectivity index (χ0n) is 29.2. The summed E-state index contributed by atoms with van der Waals surface area (Å²) in [5.41, 5.74) is 5.51. The van der Waals surface area contributed by atoms with Gasteiger partial charge in [0, 0.05) is 30.5 Å². The molecular weight excluding hydrogens is 678 g/mol. The fourth-order valence-corrected chi connectivity index (χ4v) is 6.39. The molecule has 0 radical (unpaired) electrons. The monoisotopic (exact) mass is 723 g/mol. The van der Waals surface area contributed by atoms with Crippen molar-refractivity contribution >= 4 is 29.7 Å². The molecule has 3 amide bonds. The van der Waals surface area contributed by atoms with E-state index in [1.54, 1.807) is 24.5 Å². The summed E-state index contributed by atoms with van der Waals surface area (Å²) in [6.45, 7) is 6.19. The van der Waals surface area contributed by atoms with Gasteiger partial charge in [-0.2, -0.15) is 0 Å². The smallest absolute Gasteiger partial charge is 0.422 e. The molecule has 2 fully saturated rings. The second-order valence-corrected chi connectivity index (χ2v) is 14.2. The number of hydrogen-bond acceptors (Lipinski definition) is 10. The van der Waals surface area contributed by atoms with E-state index in [4.69, 9.17) is 30.5 Å². The van der Waals surface area contributed by atoms with Crippen LogP contribution in [0.3, 0.4) is 0 Å². The van der Waals surface area contributed by atoms with Crippen molar-refractivity contribution in [1.82, 2.24) is 26.1 Å². The number of halogens is 1. The number of alkyl carbamates (subject to hydrolysis) is 1. The average molecular weight is 724 g/mol. The Morgan fingerprint density at radius 3 is 2.47 bits per heavy atom. The summed E-state index contributed by atoms with van der Waals surface area (Å²) in [6, 6.07) is 16.9. The SMILES string of the molecule is COC(=O)NC(C(=O)NC(Cc1ccc(-c2cccnc2)cc1)C(O)CN(Cc1ccccc1Cl)NC(=O)OC1COC2OCCC12)C(C)(C)C. The molecule has 4 N–H and O–H groups in total. The standard InChI is InChI=1S/C37H46ClN5O8/c1-37(2,3)32(41-35(46)48-4)33(45)40-29(18-23-11-13-24(14-12-23)25-9-7-16-39-19-25)30(44)21-43(20-26-8-5-6-10-28(26)38)42-36(47)51-31-22-50-34-27(31)15-17-49-34/h5-14,16,19,27,29-32,34,44H,15,17-18,20-22H2,1-4H3,(H,40,45)(H,41,46)(H,42,47). The first-order valence-electron chi connectivity index (χ1n) is 16.9. The number of hydrogen-bond donors (Lipinski definition) is 4. The number of aliphatic hydroxyl groups excluding tert-OH is 1. The Morgan fingerprint density at radius 2 is 1.78 bits per heavy atom. The van der Waals surface area contributed by atoms with Gasteiger partial charge in [0.1, 0.15) is 12.1 Å². The van der Waals surface area contributed by atoms with Crippen LogP contribution in [0.4, 0.5) is 9.59 Å². The number of pyridine rings is 1. The second kappa shape index (κ2) is 17.3. The number of aliphatic hydroxyl groups is 1. The predicted molar refractivity (Wildman–Crippen MR) is 189 cm³/mol. The maximum absolute atomic E-state index is 13.8. The van der Waals surface area contributed by atoms with Crippen LogP contribution in [0.2, 0.25) is 5.02 Å². The van der Waals surface area contributed by atoms with Gasteiger partial charge in [-0.3, -0.25) is 15.2 Å². The van der Waals surface area contributed by atoms with Crippen molar-refractivity contribution in [3.8, 4) is 11.1 Å². The molecule has 0 spiro atoms. The van der Waals surface area contributed by atoms with Crippen LogP contribution in [-0.4, -0.2) is 90.6 Å². The largest absolute Gasteiger partial charge is 0.453 e. The number of rotatable bonds is 13. The first kappa shape index (κ1) is 38.0. The molecule has 51 heavy (non-hydrogen) atoms. The lowest BCUT2D eigenvalue weighted by Crippen LogP contribution is -2.59. The van der Waals surface area contributed by atoms with Gasteiger partial charge >= 0.3 is 12.2 Å². The lowest BCUT2D eigenvalue weighted by Gasteiger charge is -2.34. The lowest BCUT2D eigenvalue weighted by atomic mass is 9.85. The van der Waals surface area contributed by atoms with Crippen LogP contribution in [-0.2, 0) is 36.7 Å². The third-order valence-electron chi connectivity index (χ3n) is 8.99. The number of fused-ring (bicyclic) bond motifs is 1. The van der Waals surface area contributed by atoms with Crippen LogP contribution in [0.1, 0.15) is 38.3 Å². The molecule has 2 aliphatic heterocycles. The van der Waals surface area contributed by atoms with Gasteiger partial charge in [-0.05, 0) is 52.6 Å². The summed E-state index contributed by atoms with van der Waals surface area (Å²) < 4.78 is 21.7. The molecule has 13 nitrogen and oxygen atoms in total. The molecule has 1 aromatic heterocycles. The van der Waals surface area contributed by atoms with Crippen molar-refractivity contribution < 1.29 is 38.4 Å². The molecule has 6 unspecified atom stereocenters. The highest BCUT2D eigenvalue weighted by Crippen LogP contribution is 2.33. The zero-order chi connectivity index (χ0) is 36.5. The average Bonchev–Trinajstić information content (AvgIpc) is 3.73. The minimum absolute atomic E-state index is 0.0585. The van der Waals surface area contributed by atoms with Crippen LogP contribution in [0, 0.1) is 11.3 Å². The summed E-state index contributed by atoms with van der Waals surface area (Å²) in [6.07, 6.45) is 0.836. The van der Waals surface area contributed by atoms with Gasteiger partial charge in [-0.15, -0.1) is 0 Å². The maximum Gasteiger partial charge on any atom is 0.422 e. The highest BCUT2D eigenvalue weighted by molar-refractivity contribution is 6.31. The van der Waals surface area contributed by atoms with E-state index in [9.17, 15) is 19.5 Å². The zero-order valence-corrected chi connectivity index (χ0v) is 30.0. The third kappa shape index (κ3) is 10.4. The highest BCUT2D eigenvalue weighted by Gasteiger charge is 2.44. The molecule has 3 aromatic rings. The number of benzene rings is 2. The summed E-state index contributed by atoms with van der Waals surface area (Å²) in [4.78, 5) is 43.5. The van der Waals surface area contributed by atoms with Crippen LogP contribution >= 0.6 is 11.6 Å². The summed E-state index contributed by atoms with van der Waals surface area (Å²) in [5.74, 6) is -0.569. The van der Waals surface area contributed by atoms with Crippen molar-refractivity contribution in [3.63, 3.8) is 0 Å². The molecule has 2 aliphatic rings. The van der Waals surface area contributed by atoms with E-state index in [-0.39, 0.29) is 32.0 Å². The first-order chi connectivity index (χ1) is 24.4. The summed E-state index contributed by atoms with van der Waals surface area (Å²) in [5, 5.41) is 19.4. The summed E-state index contributed by atoms with van der Waals surface area (Å²) >= 11 is 6.50. The van der Waals surface area contributed by atoms with E-state index in [1.165, 1.54) is 12.1 Å². The quantitative estimate of drug-likeness (QED) is 0.185. The van der Waals surface area contributed by atoms with E-state index >= 15 is 0 Å². The number of nitrogens with one attached hydrogen (secondary N) is 3. The van der Waals surface area contributed by atoms with Gasteiger partial charge in [0.15, 0.2) is 6.29 Å². The van der Waals surface area contributed by atoms with Crippen LogP contribution in [0.5, 0.6) is 0 Å². The molecule has 274 valence electrons. The molecule has 2 saturated heterocycles. The van der Waals surface area contributed by atoms with Gasteiger partial charge < -0.3 is 34.7 Å². The Hall–Kier alpha value is -4.27. The topological polar surface area (TPSA) is 161 Å². The van der Waals surface area contributed by atoms with Crippen LogP contribution in [0.15, 0.2) is 73.1 Å². The molecule has 2 aromatic carbocycles.